The van der Waals surface area contributed by atoms with Crippen LogP contribution < -0.4 is 0 Å². The quantitative estimate of drug-likeness (QED) is 0.645. The van der Waals surface area contributed by atoms with Gasteiger partial charge in [0.1, 0.15) is 0 Å². The van der Waals surface area contributed by atoms with Crippen molar-refractivity contribution < 1.29 is 14.6 Å². The van der Waals surface area contributed by atoms with Gasteiger partial charge in [-0.15, -0.1) is 0 Å². The summed E-state index contributed by atoms with van der Waals surface area (Å²) in [5.74, 6) is 5.26. The highest BCUT2D eigenvalue weighted by atomic mass is 16.7. The van der Waals surface area contributed by atoms with E-state index in [1.807, 2.05) is 0 Å². The molecular formula is C13H16O3. The van der Waals surface area contributed by atoms with Gasteiger partial charge < -0.3 is 14.6 Å². The Balaban J connectivity index is 1.64. The summed E-state index contributed by atoms with van der Waals surface area (Å²) >= 11 is 0. The first kappa shape index (κ1) is 8.06. The predicted molar refractivity (Wildman–Crippen MR) is 53.2 cm³/mol. The van der Waals surface area contributed by atoms with E-state index in [2.05, 4.69) is 0 Å². The lowest BCUT2D eigenvalue weighted by Gasteiger charge is -2.52. The largest absolute Gasteiger partial charge is 0.393 e. The van der Waals surface area contributed by atoms with Crippen LogP contribution in [-0.4, -0.2) is 30.2 Å². The van der Waals surface area contributed by atoms with Gasteiger partial charge in [0.25, 0.3) is 0 Å². The van der Waals surface area contributed by atoms with Crippen LogP contribution in [0.25, 0.3) is 0 Å². The molecule has 0 aromatic rings. The number of ether oxygens (including phenoxy) is 2. The molecule has 16 heavy (non-hydrogen) atoms. The Morgan fingerprint density at radius 3 is 2.50 bits per heavy atom. The molecule has 2 bridgehead atoms. The molecule has 0 radical (unpaired) electrons. The SMILES string of the molecule is O[C@@H]1[C@@H]2[C@H]3[C@@H]4C[C@H]5[C@H]3[C@H]2C2(OCCO2)[C@H]5[C@@H]14. The highest BCUT2D eigenvalue weighted by Gasteiger charge is 2.89. The topological polar surface area (TPSA) is 38.7 Å². The van der Waals surface area contributed by atoms with E-state index in [9.17, 15) is 5.11 Å². The van der Waals surface area contributed by atoms with Gasteiger partial charge in [0, 0.05) is 11.8 Å². The van der Waals surface area contributed by atoms with Crippen molar-refractivity contribution in [3.8, 4) is 0 Å². The van der Waals surface area contributed by atoms with Crippen molar-refractivity contribution in [3.63, 3.8) is 0 Å². The molecule has 6 aliphatic rings. The first-order valence-corrected chi connectivity index (χ1v) is 6.80. The third-order valence-electron chi connectivity index (χ3n) is 7.08. The molecule has 0 amide bonds. The van der Waals surface area contributed by atoms with Gasteiger partial charge in [0.05, 0.1) is 19.3 Å². The molecular weight excluding hydrogens is 204 g/mol. The Labute approximate surface area is 94.1 Å². The third-order valence-corrected chi connectivity index (χ3v) is 7.08. The first-order chi connectivity index (χ1) is 7.84. The maximum Gasteiger partial charge on any atom is 0.175 e. The highest BCUT2D eigenvalue weighted by Crippen LogP contribution is 2.86. The fraction of sp³-hybridized carbons (Fsp3) is 1.00. The molecule has 1 N–H and O–H groups in total. The summed E-state index contributed by atoms with van der Waals surface area (Å²) in [6, 6.07) is 0. The van der Waals surface area contributed by atoms with Crippen molar-refractivity contribution in [2.75, 3.05) is 13.2 Å². The molecule has 1 spiro atoms. The zero-order valence-electron chi connectivity index (χ0n) is 9.08. The third kappa shape index (κ3) is 0.485. The Kier molecular flexibility index (Phi) is 1.01. The average molecular weight is 220 g/mol. The van der Waals surface area contributed by atoms with Crippen LogP contribution in [0.15, 0.2) is 0 Å². The summed E-state index contributed by atoms with van der Waals surface area (Å²) in [6.45, 7) is 1.55. The van der Waals surface area contributed by atoms with E-state index in [0.717, 1.165) is 36.9 Å². The van der Waals surface area contributed by atoms with Crippen LogP contribution in [0.3, 0.4) is 0 Å². The van der Waals surface area contributed by atoms with E-state index in [1.54, 1.807) is 0 Å². The van der Waals surface area contributed by atoms with Gasteiger partial charge in [-0.1, -0.05) is 0 Å². The molecule has 1 saturated heterocycles. The number of fused-ring (bicyclic) bond motifs is 4. The van der Waals surface area contributed by atoms with Crippen LogP contribution in [0.1, 0.15) is 6.42 Å². The van der Waals surface area contributed by atoms with Crippen molar-refractivity contribution in [2.45, 2.75) is 18.3 Å². The first-order valence-electron chi connectivity index (χ1n) is 6.80. The van der Waals surface area contributed by atoms with Crippen LogP contribution >= 0.6 is 0 Å². The Bertz CT molecular complexity index is 402. The second-order valence-corrected chi connectivity index (χ2v) is 6.83. The molecule has 1 heterocycles. The van der Waals surface area contributed by atoms with Gasteiger partial charge in [0.2, 0.25) is 0 Å². The molecule has 0 aromatic heterocycles. The Morgan fingerprint density at radius 1 is 0.875 bits per heavy atom. The van der Waals surface area contributed by atoms with Crippen LogP contribution in [0.2, 0.25) is 0 Å². The fourth-order valence-electron chi connectivity index (χ4n) is 7.27. The van der Waals surface area contributed by atoms with Crippen LogP contribution in [0, 0.1) is 47.3 Å². The second kappa shape index (κ2) is 2.00. The molecule has 3 heteroatoms. The molecule has 1 aliphatic heterocycles. The molecule has 9 atom stereocenters. The lowest BCUT2D eigenvalue weighted by atomic mass is 9.57. The van der Waals surface area contributed by atoms with Gasteiger partial charge in [0.15, 0.2) is 5.79 Å². The summed E-state index contributed by atoms with van der Waals surface area (Å²) in [6.07, 6.45) is 1.34. The number of aliphatic hydroxyl groups excluding tert-OH is 1. The van der Waals surface area contributed by atoms with Gasteiger partial charge in [-0.3, -0.25) is 0 Å². The zero-order valence-corrected chi connectivity index (χ0v) is 9.08. The molecule has 6 fully saturated rings. The van der Waals surface area contributed by atoms with Crippen LogP contribution in [0.5, 0.6) is 0 Å². The van der Waals surface area contributed by atoms with E-state index in [1.165, 1.54) is 6.42 Å². The van der Waals surface area contributed by atoms with Gasteiger partial charge in [-0.05, 0) is 41.9 Å². The molecule has 5 aliphatic carbocycles. The molecule has 0 aromatic carbocycles. The van der Waals surface area contributed by atoms with E-state index >= 15 is 0 Å². The van der Waals surface area contributed by atoms with E-state index in [-0.39, 0.29) is 11.9 Å². The summed E-state index contributed by atoms with van der Waals surface area (Å²) in [7, 11) is 0. The van der Waals surface area contributed by atoms with Crippen molar-refractivity contribution in [2.24, 2.45) is 47.3 Å². The standard InChI is InChI=1S/C13H16O3/c14-12-8-4-3-5-7-6(4)9(12)11(7)13(10(5)8)15-1-2-16-13/h4-12,14H,1-3H2/t4-,5-,6-,7+,8-,9+,10+,11+,12-/m0/s1. The maximum absolute atomic E-state index is 10.4. The maximum atomic E-state index is 10.4. The minimum Gasteiger partial charge on any atom is -0.393 e. The molecule has 0 unspecified atom stereocenters. The van der Waals surface area contributed by atoms with Crippen molar-refractivity contribution in [1.29, 1.82) is 0 Å². The molecule has 3 nitrogen and oxygen atoms in total. The van der Waals surface area contributed by atoms with Gasteiger partial charge >= 0.3 is 0 Å². The van der Waals surface area contributed by atoms with Crippen molar-refractivity contribution in [3.05, 3.63) is 0 Å². The summed E-state index contributed by atoms with van der Waals surface area (Å²) in [5, 5.41) is 10.4. The molecule has 6 rings (SSSR count). The smallest absolute Gasteiger partial charge is 0.175 e. The monoisotopic (exact) mass is 220 g/mol. The number of rotatable bonds is 0. The van der Waals surface area contributed by atoms with E-state index in [4.69, 9.17) is 9.47 Å². The van der Waals surface area contributed by atoms with E-state index < -0.39 is 0 Å². The van der Waals surface area contributed by atoms with Crippen molar-refractivity contribution >= 4 is 0 Å². The normalized spacial score (nSPS) is 74.4. The summed E-state index contributed by atoms with van der Waals surface area (Å²) in [4.78, 5) is 0. The highest BCUT2D eigenvalue weighted by molar-refractivity contribution is 5.33. The Hall–Kier alpha value is -0.120. The molecule has 86 valence electrons. The summed E-state index contributed by atoms with van der Waals surface area (Å²) < 4.78 is 12.2. The number of hydrogen-bond donors (Lipinski definition) is 1. The number of hydrogen-bond acceptors (Lipinski definition) is 3. The van der Waals surface area contributed by atoms with Crippen molar-refractivity contribution in [1.82, 2.24) is 0 Å². The molecule has 5 saturated carbocycles. The van der Waals surface area contributed by atoms with Crippen LogP contribution in [-0.2, 0) is 9.47 Å². The minimum atomic E-state index is -0.231. The van der Waals surface area contributed by atoms with Gasteiger partial charge in [-0.2, -0.15) is 0 Å². The van der Waals surface area contributed by atoms with Gasteiger partial charge in [-0.25, -0.2) is 0 Å². The Morgan fingerprint density at radius 2 is 1.69 bits per heavy atom. The summed E-state index contributed by atoms with van der Waals surface area (Å²) in [5.41, 5.74) is 0. The lowest BCUT2D eigenvalue weighted by Crippen LogP contribution is -2.59. The van der Waals surface area contributed by atoms with Crippen LogP contribution in [0.4, 0.5) is 0 Å². The van der Waals surface area contributed by atoms with E-state index in [0.29, 0.717) is 23.7 Å². The minimum absolute atomic E-state index is 0.0211. The lowest BCUT2D eigenvalue weighted by molar-refractivity contribution is -0.277. The second-order valence-electron chi connectivity index (χ2n) is 6.83. The number of aliphatic hydroxyl groups is 1. The average Bonchev–Trinajstić information content (AvgIpc) is 2.87. The predicted octanol–water partition coefficient (Wildman–Crippen LogP) is 0.478. The fourth-order valence-corrected chi connectivity index (χ4v) is 7.27. The zero-order chi connectivity index (χ0) is 10.2.